The number of benzene rings is 1. The topological polar surface area (TPSA) is 51.0 Å². The van der Waals surface area contributed by atoms with Crippen molar-refractivity contribution in [3.8, 4) is 0 Å². The SMILES string of the molecule is CCCNC(C)c1nc(Cc2cccc(Cl)c2F)no1. The number of rotatable bonds is 6. The molecule has 108 valence electrons. The van der Waals surface area contributed by atoms with Crippen molar-refractivity contribution in [2.24, 2.45) is 0 Å². The number of hydrogen-bond acceptors (Lipinski definition) is 4. The van der Waals surface area contributed by atoms with Gasteiger partial charge < -0.3 is 9.84 Å². The quantitative estimate of drug-likeness (QED) is 0.886. The van der Waals surface area contributed by atoms with E-state index >= 15 is 0 Å². The van der Waals surface area contributed by atoms with E-state index in [-0.39, 0.29) is 17.5 Å². The first-order valence-corrected chi connectivity index (χ1v) is 6.98. The summed E-state index contributed by atoms with van der Waals surface area (Å²) in [7, 11) is 0. The van der Waals surface area contributed by atoms with Crippen LogP contribution in [0.5, 0.6) is 0 Å². The van der Waals surface area contributed by atoms with Crippen molar-refractivity contribution >= 4 is 11.6 Å². The van der Waals surface area contributed by atoms with Crippen molar-refractivity contribution in [2.45, 2.75) is 32.7 Å². The third kappa shape index (κ3) is 3.55. The van der Waals surface area contributed by atoms with Gasteiger partial charge in [0.15, 0.2) is 5.82 Å². The van der Waals surface area contributed by atoms with E-state index in [0.29, 0.717) is 17.3 Å². The second kappa shape index (κ2) is 6.81. The fourth-order valence-corrected chi connectivity index (χ4v) is 2.01. The lowest BCUT2D eigenvalue weighted by atomic mass is 10.1. The minimum absolute atomic E-state index is 0.0135. The summed E-state index contributed by atoms with van der Waals surface area (Å²) in [6.07, 6.45) is 1.29. The predicted molar refractivity (Wildman–Crippen MR) is 75.2 cm³/mol. The van der Waals surface area contributed by atoms with Crippen LogP contribution in [0.25, 0.3) is 0 Å². The van der Waals surface area contributed by atoms with Crippen LogP contribution in [-0.4, -0.2) is 16.7 Å². The lowest BCUT2D eigenvalue weighted by molar-refractivity contribution is 0.337. The second-order valence-electron chi connectivity index (χ2n) is 4.61. The Morgan fingerprint density at radius 3 is 3.00 bits per heavy atom. The van der Waals surface area contributed by atoms with Crippen LogP contribution in [0.1, 0.15) is 43.6 Å². The highest BCUT2D eigenvalue weighted by molar-refractivity contribution is 6.30. The Labute approximate surface area is 122 Å². The minimum Gasteiger partial charge on any atom is -0.338 e. The van der Waals surface area contributed by atoms with Crippen molar-refractivity contribution in [1.82, 2.24) is 15.5 Å². The lowest BCUT2D eigenvalue weighted by Gasteiger charge is -2.06. The summed E-state index contributed by atoms with van der Waals surface area (Å²) in [5, 5.41) is 7.23. The molecule has 1 heterocycles. The van der Waals surface area contributed by atoms with Crippen LogP contribution in [0, 0.1) is 5.82 Å². The van der Waals surface area contributed by atoms with E-state index in [4.69, 9.17) is 16.1 Å². The molecule has 0 spiro atoms. The number of halogens is 2. The number of nitrogens with zero attached hydrogens (tertiary/aromatic N) is 2. The third-order valence-corrected chi connectivity index (χ3v) is 3.23. The zero-order valence-electron chi connectivity index (χ0n) is 11.5. The molecule has 0 aliphatic carbocycles. The maximum atomic E-state index is 13.8. The Balaban J connectivity index is 2.07. The Hall–Kier alpha value is -1.46. The molecule has 2 aromatic rings. The van der Waals surface area contributed by atoms with Gasteiger partial charge in [-0.2, -0.15) is 4.98 Å². The van der Waals surface area contributed by atoms with Crippen LogP contribution in [0.15, 0.2) is 22.7 Å². The molecule has 0 aliphatic heterocycles. The monoisotopic (exact) mass is 297 g/mol. The normalized spacial score (nSPS) is 12.6. The summed E-state index contributed by atoms with van der Waals surface area (Å²) in [6.45, 7) is 4.91. The van der Waals surface area contributed by atoms with Gasteiger partial charge in [-0.15, -0.1) is 0 Å². The van der Waals surface area contributed by atoms with Crippen LogP contribution in [0.3, 0.4) is 0 Å². The van der Waals surface area contributed by atoms with Gasteiger partial charge in [0.25, 0.3) is 0 Å². The van der Waals surface area contributed by atoms with Crippen LogP contribution in [-0.2, 0) is 6.42 Å². The van der Waals surface area contributed by atoms with Crippen LogP contribution in [0.4, 0.5) is 4.39 Å². The van der Waals surface area contributed by atoms with Gasteiger partial charge in [0.05, 0.1) is 11.1 Å². The molecule has 0 radical (unpaired) electrons. The Morgan fingerprint density at radius 1 is 1.45 bits per heavy atom. The van der Waals surface area contributed by atoms with E-state index in [1.54, 1.807) is 12.1 Å². The molecule has 1 aromatic carbocycles. The highest BCUT2D eigenvalue weighted by atomic mass is 35.5. The first kappa shape index (κ1) is 14.9. The van der Waals surface area contributed by atoms with Crippen molar-refractivity contribution in [3.05, 3.63) is 46.3 Å². The maximum Gasteiger partial charge on any atom is 0.243 e. The molecule has 0 saturated carbocycles. The maximum absolute atomic E-state index is 13.8. The van der Waals surface area contributed by atoms with E-state index in [0.717, 1.165) is 13.0 Å². The molecule has 1 atom stereocenters. The molecule has 1 N–H and O–H groups in total. The minimum atomic E-state index is -0.433. The molecule has 2 rings (SSSR count). The summed E-state index contributed by atoms with van der Waals surface area (Å²) in [5.74, 6) is 0.528. The highest BCUT2D eigenvalue weighted by Crippen LogP contribution is 2.20. The smallest absolute Gasteiger partial charge is 0.243 e. The summed E-state index contributed by atoms with van der Waals surface area (Å²) in [6, 6.07) is 4.86. The number of aromatic nitrogens is 2. The van der Waals surface area contributed by atoms with E-state index in [1.807, 2.05) is 6.92 Å². The largest absolute Gasteiger partial charge is 0.338 e. The molecule has 4 nitrogen and oxygen atoms in total. The van der Waals surface area contributed by atoms with Gasteiger partial charge >= 0.3 is 0 Å². The van der Waals surface area contributed by atoms with E-state index in [2.05, 4.69) is 22.4 Å². The van der Waals surface area contributed by atoms with E-state index in [9.17, 15) is 4.39 Å². The third-order valence-electron chi connectivity index (χ3n) is 2.93. The molecule has 0 fully saturated rings. The van der Waals surface area contributed by atoms with Gasteiger partial charge in [-0.05, 0) is 31.5 Å². The second-order valence-corrected chi connectivity index (χ2v) is 5.02. The Bertz CT molecular complexity index is 573. The number of hydrogen-bond donors (Lipinski definition) is 1. The fraction of sp³-hybridized carbons (Fsp3) is 0.429. The van der Waals surface area contributed by atoms with Gasteiger partial charge in [-0.3, -0.25) is 0 Å². The molecule has 0 saturated heterocycles. The molecular weight excluding hydrogens is 281 g/mol. The zero-order valence-corrected chi connectivity index (χ0v) is 12.2. The summed E-state index contributed by atoms with van der Waals surface area (Å²) >= 11 is 5.74. The van der Waals surface area contributed by atoms with Crippen LogP contribution >= 0.6 is 11.6 Å². The van der Waals surface area contributed by atoms with Crippen molar-refractivity contribution in [2.75, 3.05) is 6.54 Å². The van der Waals surface area contributed by atoms with Gasteiger partial charge in [0, 0.05) is 6.42 Å². The average molecular weight is 298 g/mol. The molecule has 20 heavy (non-hydrogen) atoms. The Morgan fingerprint density at radius 2 is 2.25 bits per heavy atom. The molecule has 1 aromatic heterocycles. The molecule has 6 heteroatoms. The lowest BCUT2D eigenvalue weighted by Crippen LogP contribution is -2.19. The van der Waals surface area contributed by atoms with Crippen molar-refractivity contribution in [1.29, 1.82) is 0 Å². The predicted octanol–water partition coefficient (Wildman–Crippen LogP) is 3.51. The van der Waals surface area contributed by atoms with Gasteiger partial charge in [-0.25, -0.2) is 4.39 Å². The van der Waals surface area contributed by atoms with E-state index in [1.165, 1.54) is 6.07 Å². The number of nitrogens with one attached hydrogen (secondary N) is 1. The summed E-state index contributed by atoms with van der Waals surface area (Å²) in [5.41, 5.74) is 0.457. The standard InChI is InChI=1S/C14H17ClFN3O/c1-3-7-17-9(2)14-18-12(19-20-14)8-10-5-4-6-11(15)13(10)16/h4-6,9,17H,3,7-8H2,1-2H3. The summed E-state index contributed by atoms with van der Waals surface area (Å²) in [4.78, 5) is 4.28. The van der Waals surface area contributed by atoms with Crippen LogP contribution < -0.4 is 5.32 Å². The average Bonchev–Trinajstić information content (AvgIpc) is 2.90. The molecular formula is C14H17ClFN3O. The van der Waals surface area contributed by atoms with Crippen molar-refractivity contribution in [3.63, 3.8) is 0 Å². The van der Waals surface area contributed by atoms with Crippen molar-refractivity contribution < 1.29 is 8.91 Å². The van der Waals surface area contributed by atoms with E-state index < -0.39 is 5.82 Å². The first-order chi connectivity index (χ1) is 9.61. The zero-order chi connectivity index (χ0) is 14.5. The fourth-order valence-electron chi connectivity index (χ4n) is 1.82. The molecule has 0 bridgehead atoms. The molecule has 0 aliphatic rings. The molecule has 1 unspecified atom stereocenters. The van der Waals surface area contributed by atoms with Gasteiger partial charge in [-0.1, -0.05) is 35.8 Å². The van der Waals surface area contributed by atoms with Gasteiger partial charge in [0.1, 0.15) is 5.82 Å². The molecule has 0 amide bonds. The van der Waals surface area contributed by atoms with Gasteiger partial charge in [0.2, 0.25) is 5.89 Å². The van der Waals surface area contributed by atoms with Crippen LogP contribution in [0.2, 0.25) is 5.02 Å². The highest BCUT2D eigenvalue weighted by Gasteiger charge is 2.15. The first-order valence-electron chi connectivity index (χ1n) is 6.60. The Kier molecular flexibility index (Phi) is 5.09. The summed E-state index contributed by atoms with van der Waals surface area (Å²) < 4.78 is 19.0.